The number of rotatable bonds is 4. The van der Waals surface area contributed by atoms with E-state index in [9.17, 15) is 9.90 Å². The average Bonchev–Trinajstić information content (AvgIpc) is 3.27. The molecule has 1 radical (unpaired) electrons. The maximum absolute atomic E-state index is 12.4. The van der Waals surface area contributed by atoms with E-state index >= 15 is 0 Å². The average molecular weight is 383 g/mol. The Kier molecular flexibility index (Phi) is 4.78. The fraction of sp³-hybridized carbons (Fsp3) is 0.588. The van der Waals surface area contributed by atoms with Gasteiger partial charge >= 0.3 is 5.97 Å². The highest BCUT2D eigenvalue weighted by Gasteiger charge is 2.62. The Morgan fingerprint density at radius 1 is 1.30 bits per heavy atom. The number of fused-ring (bicyclic) bond motifs is 5. The van der Waals surface area contributed by atoms with Crippen LogP contribution in [0.5, 0.6) is 0 Å². The van der Waals surface area contributed by atoms with Crippen LogP contribution in [0.4, 0.5) is 0 Å². The fourth-order valence-electron chi connectivity index (χ4n) is 4.04. The van der Waals surface area contributed by atoms with E-state index in [2.05, 4.69) is 11.9 Å². The fourth-order valence-corrected chi connectivity index (χ4v) is 4.04. The van der Waals surface area contributed by atoms with Crippen LogP contribution in [0.15, 0.2) is 30.3 Å². The second-order valence-electron chi connectivity index (χ2n) is 6.54. The Labute approximate surface area is 146 Å². The van der Waals surface area contributed by atoms with Crippen LogP contribution in [0, 0.1) is 0 Å². The van der Waals surface area contributed by atoms with Gasteiger partial charge in [0, 0.05) is 41.9 Å². The molecule has 4 rings (SSSR count). The summed E-state index contributed by atoms with van der Waals surface area (Å²) >= 11 is 0. The van der Waals surface area contributed by atoms with Gasteiger partial charge in [0.2, 0.25) is 0 Å². The van der Waals surface area contributed by atoms with Gasteiger partial charge in [0.05, 0.1) is 6.61 Å². The van der Waals surface area contributed by atoms with E-state index in [0.717, 1.165) is 18.4 Å². The van der Waals surface area contributed by atoms with Gasteiger partial charge < -0.3 is 14.6 Å². The number of piperidine rings is 1. The van der Waals surface area contributed by atoms with Gasteiger partial charge in [-0.25, -0.2) is 0 Å². The molecule has 5 nitrogen and oxygen atoms in total. The number of halogens is 1. The zero-order chi connectivity index (χ0) is 15.3. The molecule has 0 spiro atoms. The van der Waals surface area contributed by atoms with Crippen molar-refractivity contribution < 1.29 is 19.4 Å². The number of benzene rings is 1. The number of nitrogens with zero attached hydrogens (tertiary/aromatic N) is 1. The lowest BCUT2D eigenvalue weighted by Crippen LogP contribution is -2.48. The first-order valence-electron chi connectivity index (χ1n) is 7.92. The highest BCUT2D eigenvalue weighted by molar-refractivity contribution is 8.93. The lowest BCUT2D eigenvalue weighted by atomic mass is 9.97. The lowest BCUT2D eigenvalue weighted by Gasteiger charge is -2.38. The molecule has 6 atom stereocenters. The largest absolute Gasteiger partial charge is 0.462 e. The van der Waals surface area contributed by atoms with Gasteiger partial charge in [0.25, 0.3) is 0 Å². The number of ether oxygens (including phenoxy) is 2. The molecule has 125 valence electrons. The molecule has 3 aliphatic rings. The molecule has 23 heavy (non-hydrogen) atoms. The van der Waals surface area contributed by atoms with Crippen LogP contribution in [-0.4, -0.2) is 60.0 Å². The molecular formula is C17H21BrNO4. The molecule has 1 aromatic rings. The molecule has 3 heterocycles. The van der Waals surface area contributed by atoms with Gasteiger partial charge in [-0.05, 0) is 12.6 Å². The van der Waals surface area contributed by atoms with Crippen molar-refractivity contribution in [1.82, 2.24) is 4.90 Å². The van der Waals surface area contributed by atoms with E-state index in [4.69, 9.17) is 9.47 Å². The molecule has 6 heteroatoms. The third-order valence-corrected chi connectivity index (χ3v) is 5.33. The minimum atomic E-state index is -0.593. The van der Waals surface area contributed by atoms with Crippen LogP contribution in [0.25, 0.3) is 0 Å². The minimum absolute atomic E-state index is 0. The second-order valence-corrected chi connectivity index (χ2v) is 6.54. The van der Waals surface area contributed by atoms with E-state index in [1.807, 2.05) is 30.3 Å². The smallest absolute Gasteiger partial charge is 0.316 e. The Balaban J connectivity index is 0.00000156. The number of likely N-dealkylation sites (N-methyl/N-ethyl adjacent to an activating group) is 1. The molecule has 2 bridgehead atoms. The van der Waals surface area contributed by atoms with Crippen molar-refractivity contribution in [2.45, 2.75) is 49.2 Å². The molecule has 3 aliphatic heterocycles. The van der Waals surface area contributed by atoms with Gasteiger partial charge in [-0.1, -0.05) is 30.3 Å². The third kappa shape index (κ3) is 2.93. The summed E-state index contributed by atoms with van der Waals surface area (Å²) in [7, 11) is 2.13. The molecule has 1 unspecified atom stereocenters. The van der Waals surface area contributed by atoms with Gasteiger partial charge in [-0.2, -0.15) is 0 Å². The summed E-state index contributed by atoms with van der Waals surface area (Å²) in [6.07, 6.45) is 2.26. The van der Waals surface area contributed by atoms with Gasteiger partial charge in [-0.3, -0.25) is 9.69 Å². The van der Waals surface area contributed by atoms with Crippen LogP contribution < -0.4 is 0 Å². The number of aliphatic hydroxyl groups excluding tert-OH is 1. The van der Waals surface area contributed by atoms with E-state index in [1.54, 1.807) is 0 Å². The van der Waals surface area contributed by atoms with Gasteiger partial charge in [-0.15, -0.1) is 0 Å². The van der Waals surface area contributed by atoms with Gasteiger partial charge in [0.1, 0.15) is 24.2 Å². The highest BCUT2D eigenvalue weighted by atomic mass is 79.9. The van der Waals surface area contributed by atoms with Crippen LogP contribution in [-0.2, 0) is 14.3 Å². The van der Waals surface area contributed by atoms with E-state index in [0.29, 0.717) is 24.3 Å². The van der Waals surface area contributed by atoms with Crippen molar-refractivity contribution in [3.63, 3.8) is 0 Å². The zero-order valence-electron chi connectivity index (χ0n) is 13.0. The lowest BCUT2D eigenvalue weighted by molar-refractivity contribution is -0.156. The standard InChI is InChI=1S/C17H21NO4.Br/c1-18-13-7-11(8-14(18)16-15(13)22-16)21-17(20)12(9-19)10-5-3-2-4-6-10;/h2-6,11-16,19H,7-9H2,1H3;/t11?,12-,13+,14+,15-,16+;/m1./s1. The van der Waals surface area contributed by atoms with Crippen molar-refractivity contribution >= 4 is 23.0 Å². The second kappa shape index (κ2) is 6.51. The number of hydrogen-bond donors (Lipinski definition) is 1. The molecular weight excluding hydrogens is 362 g/mol. The molecule has 0 aliphatic carbocycles. The van der Waals surface area contributed by atoms with E-state index in [-0.39, 0.29) is 35.7 Å². The number of aliphatic hydroxyl groups is 1. The summed E-state index contributed by atoms with van der Waals surface area (Å²) in [6, 6.07) is 10.1. The Morgan fingerprint density at radius 2 is 1.91 bits per heavy atom. The van der Waals surface area contributed by atoms with Crippen molar-refractivity contribution in [2.24, 2.45) is 0 Å². The van der Waals surface area contributed by atoms with Crippen LogP contribution in [0.1, 0.15) is 24.3 Å². The highest BCUT2D eigenvalue weighted by Crippen LogP contribution is 2.48. The predicted molar refractivity (Wildman–Crippen MR) is 88.3 cm³/mol. The molecule has 3 saturated heterocycles. The SMILES string of the molecule is CN1[C@H]2CC(OC(=O)[C@H](CO)c3ccccc3)C[C@H]1[C@H]1O[C@H]12.[Br]. The summed E-state index contributed by atoms with van der Waals surface area (Å²) in [4.78, 5) is 14.8. The van der Waals surface area contributed by atoms with E-state index < -0.39 is 5.92 Å². The van der Waals surface area contributed by atoms with Gasteiger partial charge in [0.15, 0.2) is 0 Å². The molecule has 0 aromatic heterocycles. The number of esters is 1. The first-order chi connectivity index (χ1) is 10.7. The quantitative estimate of drug-likeness (QED) is 0.634. The predicted octanol–water partition coefficient (Wildman–Crippen LogP) is 1.76. The molecule has 0 saturated carbocycles. The minimum Gasteiger partial charge on any atom is -0.462 e. The van der Waals surface area contributed by atoms with Crippen molar-refractivity contribution in [2.75, 3.05) is 13.7 Å². The summed E-state index contributed by atoms with van der Waals surface area (Å²) in [6.45, 7) is -0.226. The number of carbonyl (C=O) groups excluding carboxylic acids is 1. The first-order valence-corrected chi connectivity index (χ1v) is 7.92. The Morgan fingerprint density at radius 3 is 2.48 bits per heavy atom. The normalized spacial score (nSPS) is 35.8. The molecule has 0 amide bonds. The Bertz CT molecular complexity index is 551. The summed E-state index contributed by atoms with van der Waals surface area (Å²) in [5.74, 6) is -0.915. The number of epoxide rings is 1. The zero-order valence-corrected chi connectivity index (χ0v) is 14.6. The van der Waals surface area contributed by atoms with Crippen molar-refractivity contribution in [3.05, 3.63) is 35.9 Å². The van der Waals surface area contributed by atoms with Crippen molar-refractivity contribution in [1.29, 1.82) is 0 Å². The Hall–Kier alpha value is -0.950. The number of carbonyl (C=O) groups is 1. The maximum atomic E-state index is 12.4. The van der Waals surface area contributed by atoms with Crippen LogP contribution in [0.2, 0.25) is 0 Å². The third-order valence-electron chi connectivity index (χ3n) is 5.33. The monoisotopic (exact) mass is 382 g/mol. The number of morpholine rings is 1. The maximum Gasteiger partial charge on any atom is 0.316 e. The van der Waals surface area contributed by atoms with Crippen LogP contribution >= 0.6 is 17.0 Å². The molecule has 1 N–H and O–H groups in total. The topological polar surface area (TPSA) is 62.3 Å². The van der Waals surface area contributed by atoms with Crippen LogP contribution in [0.3, 0.4) is 0 Å². The molecule has 3 fully saturated rings. The molecule has 1 aromatic carbocycles. The van der Waals surface area contributed by atoms with E-state index in [1.165, 1.54) is 0 Å². The van der Waals surface area contributed by atoms with Crippen molar-refractivity contribution in [3.8, 4) is 0 Å². The summed E-state index contributed by atoms with van der Waals surface area (Å²) < 4.78 is 11.4. The first kappa shape index (κ1) is 16.9. The number of hydrogen-bond acceptors (Lipinski definition) is 5. The summed E-state index contributed by atoms with van der Waals surface area (Å²) in [5, 5.41) is 9.56. The summed E-state index contributed by atoms with van der Waals surface area (Å²) in [5.41, 5.74) is 0.803.